The molecule has 2 aromatic carbocycles. The molecular formula is C20H20Cl2N2O5S. The van der Waals surface area contributed by atoms with Gasteiger partial charge in [0.25, 0.3) is 0 Å². The molecule has 1 unspecified atom stereocenters. The molecule has 10 heteroatoms. The van der Waals surface area contributed by atoms with Crippen molar-refractivity contribution in [3.05, 3.63) is 46.4 Å². The topological polar surface area (TPSA) is 84.9 Å². The van der Waals surface area contributed by atoms with E-state index < -0.39 is 15.9 Å². The van der Waals surface area contributed by atoms with Crippen LogP contribution in [0.1, 0.15) is 12.8 Å². The zero-order valence-corrected chi connectivity index (χ0v) is 18.3. The van der Waals surface area contributed by atoms with Crippen molar-refractivity contribution in [2.24, 2.45) is 5.92 Å². The summed E-state index contributed by atoms with van der Waals surface area (Å²) >= 11 is 12.1. The molecule has 0 radical (unpaired) electrons. The minimum absolute atomic E-state index is 0.0513. The highest BCUT2D eigenvalue weighted by molar-refractivity contribution is 7.89. The molecule has 2 aliphatic rings. The van der Waals surface area contributed by atoms with Gasteiger partial charge < -0.3 is 14.8 Å². The van der Waals surface area contributed by atoms with Crippen LogP contribution in [0.25, 0.3) is 0 Å². The molecular weight excluding hydrogens is 451 g/mol. The molecule has 2 heterocycles. The van der Waals surface area contributed by atoms with E-state index in [2.05, 4.69) is 5.32 Å². The number of ether oxygens (including phenoxy) is 2. The Morgan fingerprint density at radius 1 is 1.07 bits per heavy atom. The van der Waals surface area contributed by atoms with Crippen molar-refractivity contribution in [1.82, 2.24) is 4.31 Å². The molecule has 1 saturated heterocycles. The van der Waals surface area contributed by atoms with Crippen molar-refractivity contribution in [2.75, 3.05) is 31.6 Å². The number of rotatable bonds is 4. The second-order valence-corrected chi connectivity index (χ2v) is 9.87. The Morgan fingerprint density at radius 3 is 2.63 bits per heavy atom. The number of piperidine rings is 1. The third kappa shape index (κ3) is 4.37. The highest BCUT2D eigenvalue weighted by atomic mass is 35.5. The largest absolute Gasteiger partial charge is 0.486 e. The number of carbonyl (C=O) groups excluding carboxylic acids is 1. The lowest BCUT2D eigenvalue weighted by atomic mass is 9.98. The number of amides is 1. The number of benzene rings is 2. The number of anilines is 1. The molecule has 2 aliphatic heterocycles. The van der Waals surface area contributed by atoms with Crippen molar-refractivity contribution in [2.45, 2.75) is 17.7 Å². The number of carbonyl (C=O) groups is 1. The van der Waals surface area contributed by atoms with Gasteiger partial charge in [-0.3, -0.25) is 4.79 Å². The normalized spacial score (nSPS) is 19.3. The van der Waals surface area contributed by atoms with Crippen molar-refractivity contribution in [3.8, 4) is 11.5 Å². The molecule has 30 heavy (non-hydrogen) atoms. The van der Waals surface area contributed by atoms with Gasteiger partial charge in [-0.2, -0.15) is 4.31 Å². The van der Waals surface area contributed by atoms with Crippen LogP contribution < -0.4 is 14.8 Å². The van der Waals surface area contributed by atoms with Crippen LogP contribution in [-0.4, -0.2) is 44.9 Å². The fraction of sp³-hybridized carbons (Fsp3) is 0.350. The Balaban J connectivity index is 1.48. The number of fused-ring (bicyclic) bond motifs is 1. The van der Waals surface area contributed by atoms with E-state index in [1.54, 1.807) is 18.2 Å². The molecule has 0 bridgehead atoms. The van der Waals surface area contributed by atoms with Gasteiger partial charge >= 0.3 is 0 Å². The van der Waals surface area contributed by atoms with Crippen molar-refractivity contribution in [1.29, 1.82) is 0 Å². The van der Waals surface area contributed by atoms with Crippen LogP contribution in [0.2, 0.25) is 10.0 Å². The van der Waals surface area contributed by atoms with Gasteiger partial charge in [-0.25, -0.2) is 8.42 Å². The van der Waals surface area contributed by atoms with E-state index in [4.69, 9.17) is 32.7 Å². The van der Waals surface area contributed by atoms with Crippen LogP contribution in [0.3, 0.4) is 0 Å². The molecule has 0 aliphatic carbocycles. The number of nitrogens with zero attached hydrogens (tertiary/aromatic N) is 1. The van der Waals surface area contributed by atoms with Crippen molar-refractivity contribution in [3.63, 3.8) is 0 Å². The molecule has 1 atom stereocenters. The highest BCUT2D eigenvalue weighted by Crippen LogP contribution is 2.34. The zero-order valence-electron chi connectivity index (χ0n) is 15.9. The number of nitrogens with one attached hydrogen (secondary N) is 1. The smallest absolute Gasteiger partial charge is 0.244 e. The lowest BCUT2D eigenvalue weighted by Gasteiger charge is -2.31. The molecule has 0 aromatic heterocycles. The molecule has 1 fully saturated rings. The summed E-state index contributed by atoms with van der Waals surface area (Å²) in [5.74, 6) is 0.471. The Morgan fingerprint density at radius 2 is 1.83 bits per heavy atom. The summed E-state index contributed by atoms with van der Waals surface area (Å²) in [6.45, 7) is 1.33. The van der Waals surface area contributed by atoms with Crippen LogP contribution in [-0.2, 0) is 14.8 Å². The van der Waals surface area contributed by atoms with Gasteiger partial charge in [-0.1, -0.05) is 23.2 Å². The lowest BCUT2D eigenvalue weighted by molar-refractivity contribution is -0.120. The maximum absolute atomic E-state index is 13.1. The first kappa shape index (κ1) is 21.2. The minimum Gasteiger partial charge on any atom is -0.486 e. The third-order valence-corrected chi connectivity index (χ3v) is 7.66. The van der Waals surface area contributed by atoms with Crippen molar-refractivity contribution >= 4 is 44.8 Å². The van der Waals surface area contributed by atoms with Crippen LogP contribution >= 0.6 is 23.2 Å². The minimum atomic E-state index is -3.87. The van der Waals surface area contributed by atoms with E-state index in [1.807, 2.05) is 0 Å². The second kappa shape index (κ2) is 8.63. The van der Waals surface area contributed by atoms with E-state index in [0.29, 0.717) is 49.8 Å². The van der Waals surface area contributed by atoms with Crippen LogP contribution in [0, 0.1) is 5.92 Å². The first-order chi connectivity index (χ1) is 14.3. The predicted molar refractivity (Wildman–Crippen MR) is 114 cm³/mol. The van der Waals surface area contributed by atoms with E-state index in [1.165, 1.54) is 22.5 Å². The van der Waals surface area contributed by atoms with Gasteiger partial charge in [-0.05, 0) is 43.2 Å². The van der Waals surface area contributed by atoms with Crippen LogP contribution in [0.5, 0.6) is 11.5 Å². The number of halogens is 2. The van der Waals surface area contributed by atoms with Crippen LogP contribution in [0.4, 0.5) is 5.69 Å². The average Bonchev–Trinajstić information content (AvgIpc) is 2.75. The maximum atomic E-state index is 13.1. The van der Waals surface area contributed by atoms with Gasteiger partial charge in [-0.15, -0.1) is 0 Å². The van der Waals surface area contributed by atoms with E-state index in [9.17, 15) is 13.2 Å². The van der Waals surface area contributed by atoms with E-state index in [0.717, 1.165) is 0 Å². The summed E-state index contributed by atoms with van der Waals surface area (Å²) in [5.41, 5.74) is 0.571. The Hall–Kier alpha value is -2.00. The fourth-order valence-electron chi connectivity index (χ4n) is 3.55. The van der Waals surface area contributed by atoms with Gasteiger partial charge in [0.15, 0.2) is 11.5 Å². The first-order valence-corrected chi connectivity index (χ1v) is 11.7. The molecule has 7 nitrogen and oxygen atoms in total. The van der Waals surface area contributed by atoms with Gasteiger partial charge in [0.05, 0.1) is 10.9 Å². The number of hydrogen-bond acceptors (Lipinski definition) is 5. The zero-order chi connectivity index (χ0) is 21.3. The van der Waals surface area contributed by atoms with Gasteiger partial charge in [0, 0.05) is 29.9 Å². The quantitative estimate of drug-likeness (QED) is 0.734. The highest BCUT2D eigenvalue weighted by Gasteiger charge is 2.34. The van der Waals surface area contributed by atoms with Crippen LogP contribution in [0.15, 0.2) is 41.3 Å². The summed E-state index contributed by atoms with van der Waals surface area (Å²) in [6, 6.07) is 9.49. The first-order valence-electron chi connectivity index (χ1n) is 9.50. The SMILES string of the molecule is O=C(Nc1ccc2c(c1)OCCO2)C1CCCN(S(=O)(=O)c2cc(Cl)ccc2Cl)C1. The molecule has 2 aromatic rings. The van der Waals surface area contributed by atoms with E-state index >= 15 is 0 Å². The predicted octanol–water partition coefficient (Wildman–Crippen LogP) is 3.80. The average molecular weight is 471 g/mol. The molecule has 1 amide bonds. The molecule has 0 saturated carbocycles. The molecule has 1 N–H and O–H groups in total. The summed E-state index contributed by atoms with van der Waals surface area (Å²) in [4.78, 5) is 12.8. The van der Waals surface area contributed by atoms with Crippen molar-refractivity contribution < 1.29 is 22.7 Å². The summed E-state index contributed by atoms with van der Waals surface area (Å²) in [6.07, 6.45) is 1.16. The van der Waals surface area contributed by atoms with Gasteiger partial charge in [0.2, 0.25) is 15.9 Å². The number of hydrogen-bond donors (Lipinski definition) is 1. The van der Waals surface area contributed by atoms with E-state index in [-0.39, 0.29) is 27.4 Å². The second-order valence-electron chi connectivity index (χ2n) is 7.12. The molecule has 160 valence electrons. The Bertz CT molecular complexity index is 1080. The molecule has 4 rings (SSSR count). The summed E-state index contributed by atoms with van der Waals surface area (Å²) < 4.78 is 38.4. The van der Waals surface area contributed by atoms with Gasteiger partial charge in [0.1, 0.15) is 18.1 Å². The third-order valence-electron chi connectivity index (χ3n) is 5.08. The standard InChI is InChI=1S/C20H20Cl2N2O5S/c21-14-3-5-16(22)19(10-14)30(26,27)24-7-1-2-13(12-24)20(25)23-15-4-6-17-18(11-15)29-9-8-28-17/h3-6,10-11,13H,1-2,7-9,12H2,(H,23,25). The molecule has 0 spiro atoms. The number of sulfonamides is 1. The lowest BCUT2D eigenvalue weighted by Crippen LogP contribution is -2.43. The Labute approximate surface area is 184 Å². The monoisotopic (exact) mass is 470 g/mol. The summed E-state index contributed by atoms with van der Waals surface area (Å²) in [7, 11) is -3.87. The summed E-state index contributed by atoms with van der Waals surface area (Å²) in [5, 5.41) is 3.23. The maximum Gasteiger partial charge on any atom is 0.244 e. The fourth-order valence-corrected chi connectivity index (χ4v) is 5.82. The Kier molecular flexibility index (Phi) is 6.11.